The SMILES string of the molecule is CCc1c(N)nnn1Cc1nc(-c2ccc(C)cc2)no1. The van der Waals surface area contributed by atoms with Crippen molar-refractivity contribution in [1.82, 2.24) is 25.1 Å². The van der Waals surface area contributed by atoms with Crippen molar-refractivity contribution in [3.63, 3.8) is 0 Å². The van der Waals surface area contributed by atoms with Gasteiger partial charge in [-0.1, -0.05) is 47.1 Å². The van der Waals surface area contributed by atoms with Gasteiger partial charge in [0.25, 0.3) is 0 Å². The summed E-state index contributed by atoms with van der Waals surface area (Å²) in [7, 11) is 0. The van der Waals surface area contributed by atoms with Gasteiger partial charge in [0.05, 0.1) is 5.69 Å². The van der Waals surface area contributed by atoms with Crippen LogP contribution in [0, 0.1) is 6.92 Å². The molecule has 7 heteroatoms. The van der Waals surface area contributed by atoms with Crippen molar-refractivity contribution in [3.8, 4) is 11.4 Å². The molecule has 3 rings (SSSR count). The van der Waals surface area contributed by atoms with Crippen molar-refractivity contribution in [2.24, 2.45) is 0 Å². The van der Waals surface area contributed by atoms with Gasteiger partial charge in [-0.2, -0.15) is 4.98 Å². The molecular weight excluding hydrogens is 268 g/mol. The second-order valence-electron chi connectivity index (χ2n) is 4.81. The molecule has 0 saturated carbocycles. The lowest BCUT2D eigenvalue weighted by Crippen LogP contribution is -2.07. The van der Waals surface area contributed by atoms with Crippen molar-refractivity contribution < 1.29 is 4.52 Å². The normalized spacial score (nSPS) is 11.0. The summed E-state index contributed by atoms with van der Waals surface area (Å²) in [5, 5.41) is 11.8. The van der Waals surface area contributed by atoms with Crippen LogP contribution in [0.2, 0.25) is 0 Å². The summed E-state index contributed by atoms with van der Waals surface area (Å²) in [5.41, 5.74) is 8.73. The number of aromatic nitrogens is 5. The summed E-state index contributed by atoms with van der Waals surface area (Å²) in [6.07, 6.45) is 0.748. The molecule has 0 atom stereocenters. The van der Waals surface area contributed by atoms with Gasteiger partial charge in [-0.3, -0.25) is 0 Å². The highest BCUT2D eigenvalue weighted by molar-refractivity contribution is 5.54. The van der Waals surface area contributed by atoms with Gasteiger partial charge in [-0.25, -0.2) is 4.68 Å². The molecule has 7 nitrogen and oxygen atoms in total. The molecule has 3 aromatic rings. The van der Waals surface area contributed by atoms with Gasteiger partial charge in [0.15, 0.2) is 5.82 Å². The third-order valence-electron chi connectivity index (χ3n) is 3.27. The summed E-state index contributed by atoms with van der Waals surface area (Å²) in [6.45, 7) is 4.40. The monoisotopic (exact) mass is 284 g/mol. The highest BCUT2D eigenvalue weighted by Gasteiger charge is 2.13. The minimum absolute atomic E-state index is 0.367. The first kappa shape index (κ1) is 13.3. The van der Waals surface area contributed by atoms with Crippen LogP contribution in [-0.2, 0) is 13.0 Å². The van der Waals surface area contributed by atoms with Crippen LogP contribution >= 0.6 is 0 Å². The zero-order chi connectivity index (χ0) is 14.8. The molecule has 0 aliphatic carbocycles. The first-order chi connectivity index (χ1) is 10.2. The Bertz CT molecular complexity index is 743. The number of benzene rings is 1. The molecule has 2 aromatic heterocycles. The van der Waals surface area contributed by atoms with E-state index < -0.39 is 0 Å². The van der Waals surface area contributed by atoms with Crippen LogP contribution in [0.25, 0.3) is 11.4 Å². The maximum absolute atomic E-state index is 5.75. The fraction of sp³-hybridized carbons (Fsp3) is 0.286. The molecule has 2 N–H and O–H groups in total. The van der Waals surface area contributed by atoms with E-state index >= 15 is 0 Å². The number of aryl methyl sites for hydroxylation is 1. The van der Waals surface area contributed by atoms with E-state index in [1.807, 2.05) is 38.1 Å². The first-order valence-electron chi connectivity index (χ1n) is 6.75. The lowest BCUT2D eigenvalue weighted by atomic mass is 10.1. The third kappa shape index (κ3) is 2.62. The topological polar surface area (TPSA) is 95.7 Å². The molecule has 0 unspecified atom stereocenters. The van der Waals surface area contributed by atoms with Gasteiger partial charge in [-0.15, -0.1) is 5.10 Å². The van der Waals surface area contributed by atoms with E-state index in [0.29, 0.717) is 24.1 Å². The first-order valence-corrected chi connectivity index (χ1v) is 6.75. The molecule has 0 amide bonds. The van der Waals surface area contributed by atoms with Crippen LogP contribution in [0.3, 0.4) is 0 Å². The van der Waals surface area contributed by atoms with Gasteiger partial charge in [-0.05, 0) is 13.3 Å². The van der Waals surface area contributed by atoms with Gasteiger partial charge in [0.2, 0.25) is 11.7 Å². The smallest absolute Gasteiger partial charge is 0.248 e. The number of hydrogen-bond acceptors (Lipinski definition) is 6. The van der Waals surface area contributed by atoms with Crippen molar-refractivity contribution in [3.05, 3.63) is 41.4 Å². The zero-order valence-corrected chi connectivity index (χ0v) is 11.9. The predicted molar refractivity (Wildman–Crippen MR) is 77.4 cm³/mol. The number of anilines is 1. The Labute approximate surface area is 121 Å². The molecule has 1 aromatic carbocycles. The Morgan fingerprint density at radius 2 is 2.00 bits per heavy atom. The molecule has 0 fully saturated rings. The Kier molecular flexibility index (Phi) is 3.39. The summed E-state index contributed by atoms with van der Waals surface area (Å²) in [4.78, 5) is 4.38. The number of nitrogen functional groups attached to an aromatic ring is 1. The lowest BCUT2D eigenvalue weighted by Gasteiger charge is -2.00. The second kappa shape index (κ2) is 5.35. The third-order valence-corrected chi connectivity index (χ3v) is 3.27. The van der Waals surface area contributed by atoms with E-state index in [0.717, 1.165) is 17.7 Å². The zero-order valence-electron chi connectivity index (χ0n) is 11.9. The fourth-order valence-corrected chi connectivity index (χ4v) is 2.10. The second-order valence-corrected chi connectivity index (χ2v) is 4.81. The van der Waals surface area contributed by atoms with Crippen LogP contribution in [0.15, 0.2) is 28.8 Å². The lowest BCUT2D eigenvalue weighted by molar-refractivity contribution is 0.363. The van der Waals surface area contributed by atoms with Crippen molar-refractivity contribution in [2.45, 2.75) is 26.8 Å². The Morgan fingerprint density at radius 1 is 1.24 bits per heavy atom. The van der Waals surface area contributed by atoms with E-state index in [9.17, 15) is 0 Å². The Balaban J connectivity index is 1.83. The molecular formula is C14H16N6O. The van der Waals surface area contributed by atoms with Crippen LogP contribution in [0.1, 0.15) is 24.1 Å². The molecule has 2 heterocycles. The standard InChI is InChI=1S/C14H16N6O/c1-3-11-13(15)17-19-20(11)8-12-16-14(18-21-12)10-6-4-9(2)5-7-10/h4-7H,3,8,15H2,1-2H3. The summed E-state index contributed by atoms with van der Waals surface area (Å²) in [5.74, 6) is 1.48. The molecule has 0 aliphatic rings. The van der Waals surface area contributed by atoms with Crippen molar-refractivity contribution in [2.75, 3.05) is 5.73 Å². The van der Waals surface area contributed by atoms with Crippen LogP contribution < -0.4 is 5.73 Å². The molecule has 0 bridgehead atoms. The molecule has 21 heavy (non-hydrogen) atoms. The maximum Gasteiger partial charge on any atom is 0.248 e. The highest BCUT2D eigenvalue weighted by atomic mass is 16.5. The van der Waals surface area contributed by atoms with Gasteiger partial charge >= 0.3 is 0 Å². The van der Waals surface area contributed by atoms with E-state index in [1.165, 1.54) is 5.56 Å². The minimum Gasteiger partial charge on any atom is -0.381 e. The van der Waals surface area contributed by atoms with Gasteiger partial charge in [0, 0.05) is 5.56 Å². The molecule has 0 aliphatic heterocycles. The summed E-state index contributed by atoms with van der Waals surface area (Å²) in [6, 6.07) is 7.96. The summed E-state index contributed by atoms with van der Waals surface area (Å²) < 4.78 is 6.95. The average molecular weight is 284 g/mol. The van der Waals surface area contributed by atoms with Crippen LogP contribution in [0.4, 0.5) is 5.82 Å². The number of rotatable bonds is 4. The largest absolute Gasteiger partial charge is 0.381 e. The van der Waals surface area contributed by atoms with Crippen LogP contribution in [0.5, 0.6) is 0 Å². The molecule has 0 spiro atoms. The van der Waals surface area contributed by atoms with E-state index in [-0.39, 0.29) is 0 Å². The van der Waals surface area contributed by atoms with Gasteiger partial charge < -0.3 is 10.3 Å². The number of hydrogen-bond donors (Lipinski definition) is 1. The van der Waals surface area contributed by atoms with Crippen LogP contribution in [-0.4, -0.2) is 25.1 Å². The molecule has 0 saturated heterocycles. The van der Waals surface area contributed by atoms with Crippen molar-refractivity contribution >= 4 is 5.82 Å². The quantitative estimate of drug-likeness (QED) is 0.785. The maximum atomic E-state index is 5.75. The predicted octanol–water partition coefficient (Wildman–Crippen LogP) is 1.83. The number of nitrogens with zero attached hydrogens (tertiary/aromatic N) is 5. The summed E-state index contributed by atoms with van der Waals surface area (Å²) >= 11 is 0. The average Bonchev–Trinajstić information content (AvgIpc) is 3.07. The van der Waals surface area contributed by atoms with E-state index in [2.05, 4.69) is 20.5 Å². The van der Waals surface area contributed by atoms with E-state index in [1.54, 1.807) is 4.68 Å². The van der Waals surface area contributed by atoms with Crippen molar-refractivity contribution in [1.29, 1.82) is 0 Å². The Hall–Kier alpha value is -2.70. The Morgan fingerprint density at radius 3 is 2.71 bits per heavy atom. The fourth-order valence-electron chi connectivity index (χ4n) is 2.10. The number of nitrogens with two attached hydrogens (primary N) is 1. The van der Waals surface area contributed by atoms with Gasteiger partial charge in [0.1, 0.15) is 6.54 Å². The minimum atomic E-state index is 0.367. The molecule has 0 radical (unpaired) electrons. The molecule has 108 valence electrons. The highest BCUT2D eigenvalue weighted by Crippen LogP contribution is 2.17. The van der Waals surface area contributed by atoms with E-state index in [4.69, 9.17) is 10.3 Å².